The second-order valence-corrected chi connectivity index (χ2v) is 4.40. The fourth-order valence-corrected chi connectivity index (χ4v) is 1.50. The van der Waals surface area contributed by atoms with E-state index in [0.717, 1.165) is 5.69 Å². The lowest BCUT2D eigenvalue weighted by atomic mass is 10.2. The van der Waals surface area contributed by atoms with Gasteiger partial charge in [-0.15, -0.1) is 0 Å². The molecule has 0 radical (unpaired) electrons. The van der Waals surface area contributed by atoms with E-state index in [1.165, 1.54) is 12.0 Å². The number of carbonyl (C=O) groups is 2. The van der Waals surface area contributed by atoms with E-state index in [1.54, 1.807) is 17.8 Å². The molecular formula is C12H19N3O3. The van der Waals surface area contributed by atoms with Gasteiger partial charge in [0.1, 0.15) is 6.54 Å². The fraction of sp³-hybridized carbons (Fsp3) is 0.583. The van der Waals surface area contributed by atoms with Crippen molar-refractivity contribution in [3.05, 3.63) is 17.5 Å². The lowest BCUT2D eigenvalue weighted by Gasteiger charge is -2.24. The minimum Gasteiger partial charge on any atom is -0.468 e. The van der Waals surface area contributed by atoms with Gasteiger partial charge in [0.15, 0.2) is 5.69 Å². The average molecular weight is 253 g/mol. The summed E-state index contributed by atoms with van der Waals surface area (Å²) in [5.41, 5.74) is 1.23. The summed E-state index contributed by atoms with van der Waals surface area (Å²) >= 11 is 0. The standard InChI is InChI=1S/C12H19N3O3/c1-8(2)15(7-11(16)18-5)12(17)10-6-9(3)14(4)13-10/h6,8H,7H2,1-5H3. The molecule has 0 aliphatic rings. The maximum atomic E-state index is 12.2. The molecule has 0 saturated heterocycles. The molecular weight excluding hydrogens is 234 g/mol. The molecule has 0 bridgehead atoms. The molecule has 1 aromatic rings. The number of nitrogens with zero attached hydrogens (tertiary/aromatic N) is 3. The quantitative estimate of drug-likeness (QED) is 0.743. The molecule has 0 aliphatic carbocycles. The lowest BCUT2D eigenvalue weighted by molar-refractivity contribution is -0.141. The molecule has 6 nitrogen and oxygen atoms in total. The molecule has 0 aromatic carbocycles. The van der Waals surface area contributed by atoms with E-state index in [9.17, 15) is 9.59 Å². The molecule has 1 aromatic heterocycles. The van der Waals surface area contributed by atoms with E-state index in [4.69, 9.17) is 0 Å². The molecule has 100 valence electrons. The monoisotopic (exact) mass is 253 g/mol. The predicted molar refractivity (Wildman–Crippen MR) is 66.1 cm³/mol. The zero-order chi connectivity index (χ0) is 13.9. The van der Waals surface area contributed by atoms with Gasteiger partial charge in [-0.2, -0.15) is 5.10 Å². The Kier molecular flexibility index (Phi) is 4.47. The van der Waals surface area contributed by atoms with Crippen molar-refractivity contribution in [1.29, 1.82) is 0 Å². The fourth-order valence-electron chi connectivity index (χ4n) is 1.50. The Bertz CT molecular complexity index is 432. The van der Waals surface area contributed by atoms with Crippen molar-refractivity contribution in [2.24, 2.45) is 7.05 Å². The number of esters is 1. The first kappa shape index (κ1) is 14.2. The van der Waals surface area contributed by atoms with Gasteiger partial charge in [-0.25, -0.2) is 0 Å². The molecule has 0 fully saturated rings. The van der Waals surface area contributed by atoms with Crippen LogP contribution in [0.1, 0.15) is 30.0 Å². The van der Waals surface area contributed by atoms with Crippen LogP contribution < -0.4 is 0 Å². The molecule has 1 amide bonds. The molecule has 0 spiro atoms. The predicted octanol–water partition coefficient (Wildman–Crippen LogP) is 0.752. The Labute approximate surface area is 107 Å². The molecule has 1 rings (SSSR count). The van der Waals surface area contributed by atoms with Gasteiger partial charge < -0.3 is 9.64 Å². The summed E-state index contributed by atoms with van der Waals surface area (Å²) < 4.78 is 6.22. The summed E-state index contributed by atoms with van der Waals surface area (Å²) in [6.45, 7) is 5.49. The van der Waals surface area contributed by atoms with Gasteiger partial charge in [0, 0.05) is 18.8 Å². The summed E-state index contributed by atoms with van der Waals surface area (Å²) in [6, 6.07) is 1.61. The third-order valence-electron chi connectivity index (χ3n) is 2.74. The second-order valence-electron chi connectivity index (χ2n) is 4.40. The second kappa shape index (κ2) is 5.66. The third kappa shape index (κ3) is 3.09. The summed E-state index contributed by atoms with van der Waals surface area (Å²) in [5, 5.41) is 4.12. The van der Waals surface area contributed by atoms with Crippen LogP contribution in [0.5, 0.6) is 0 Å². The van der Waals surface area contributed by atoms with Crippen LogP contribution in [0.2, 0.25) is 0 Å². The number of hydrogen-bond donors (Lipinski definition) is 0. The van der Waals surface area contributed by atoms with Crippen molar-refractivity contribution in [3.8, 4) is 0 Å². The maximum absolute atomic E-state index is 12.2. The SMILES string of the molecule is COC(=O)CN(C(=O)c1cc(C)n(C)n1)C(C)C. The van der Waals surface area contributed by atoms with Crippen molar-refractivity contribution in [1.82, 2.24) is 14.7 Å². The highest BCUT2D eigenvalue weighted by Crippen LogP contribution is 2.09. The van der Waals surface area contributed by atoms with Gasteiger partial charge in [0.05, 0.1) is 7.11 Å². The van der Waals surface area contributed by atoms with Gasteiger partial charge in [-0.3, -0.25) is 14.3 Å². The van der Waals surface area contributed by atoms with E-state index < -0.39 is 5.97 Å². The molecule has 18 heavy (non-hydrogen) atoms. The highest BCUT2D eigenvalue weighted by molar-refractivity contribution is 5.94. The third-order valence-corrected chi connectivity index (χ3v) is 2.74. The van der Waals surface area contributed by atoms with Gasteiger partial charge in [-0.05, 0) is 26.8 Å². The van der Waals surface area contributed by atoms with Crippen LogP contribution in [-0.2, 0) is 16.6 Å². The zero-order valence-corrected chi connectivity index (χ0v) is 11.4. The number of aromatic nitrogens is 2. The molecule has 0 atom stereocenters. The number of rotatable bonds is 4. The van der Waals surface area contributed by atoms with Crippen molar-refractivity contribution in [2.75, 3.05) is 13.7 Å². The number of amides is 1. The minimum absolute atomic E-state index is 0.0668. The summed E-state index contributed by atoms with van der Waals surface area (Å²) in [5.74, 6) is -0.705. The van der Waals surface area contributed by atoms with Crippen LogP contribution in [0.4, 0.5) is 0 Å². The Hall–Kier alpha value is -1.85. The van der Waals surface area contributed by atoms with E-state index in [-0.39, 0.29) is 18.5 Å². The van der Waals surface area contributed by atoms with Crippen molar-refractivity contribution < 1.29 is 14.3 Å². The summed E-state index contributed by atoms with van der Waals surface area (Å²) in [6.07, 6.45) is 0. The number of hydrogen-bond acceptors (Lipinski definition) is 4. The normalized spacial score (nSPS) is 10.6. The van der Waals surface area contributed by atoms with Crippen molar-refractivity contribution in [3.63, 3.8) is 0 Å². The zero-order valence-electron chi connectivity index (χ0n) is 11.4. The first-order chi connectivity index (χ1) is 8.36. The van der Waals surface area contributed by atoms with E-state index in [2.05, 4.69) is 9.84 Å². The Balaban J connectivity index is 2.92. The van der Waals surface area contributed by atoms with E-state index >= 15 is 0 Å². The number of ether oxygens (including phenoxy) is 1. The largest absolute Gasteiger partial charge is 0.468 e. The Morgan fingerprint density at radius 3 is 2.50 bits per heavy atom. The van der Waals surface area contributed by atoms with E-state index in [0.29, 0.717) is 5.69 Å². The lowest BCUT2D eigenvalue weighted by Crippen LogP contribution is -2.41. The molecule has 0 unspecified atom stereocenters. The smallest absolute Gasteiger partial charge is 0.325 e. The molecule has 0 N–H and O–H groups in total. The number of aryl methyl sites for hydroxylation is 2. The van der Waals surface area contributed by atoms with Crippen LogP contribution in [-0.4, -0.2) is 46.3 Å². The average Bonchev–Trinajstić information content (AvgIpc) is 2.65. The molecule has 6 heteroatoms. The minimum atomic E-state index is -0.440. The topological polar surface area (TPSA) is 64.4 Å². The summed E-state index contributed by atoms with van der Waals surface area (Å²) in [4.78, 5) is 25.0. The Morgan fingerprint density at radius 2 is 2.11 bits per heavy atom. The van der Waals surface area contributed by atoms with Gasteiger partial charge in [0.25, 0.3) is 5.91 Å². The highest BCUT2D eigenvalue weighted by Gasteiger charge is 2.24. The van der Waals surface area contributed by atoms with E-state index in [1.807, 2.05) is 20.8 Å². The van der Waals surface area contributed by atoms with Crippen LogP contribution >= 0.6 is 0 Å². The molecule has 1 heterocycles. The van der Waals surface area contributed by atoms with Crippen LogP contribution in [0.15, 0.2) is 6.07 Å². The number of carbonyl (C=O) groups excluding carboxylic acids is 2. The molecule has 0 saturated carbocycles. The molecule has 0 aliphatic heterocycles. The van der Waals surface area contributed by atoms with Gasteiger partial charge >= 0.3 is 5.97 Å². The van der Waals surface area contributed by atoms with Gasteiger partial charge in [-0.1, -0.05) is 0 Å². The maximum Gasteiger partial charge on any atom is 0.325 e. The van der Waals surface area contributed by atoms with Crippen LogP contribution in [0.25, 0.3) is 0 Å². The summed E-state index contributed by atoms with van der Waals surface area (Å²) in [7, 11) is 3.07. The van der Waals surface area contributed by atoms with Crippen LogP contribution in [0, 0.1) is 6.92 Å². The first-order valence-corrected chi connectivity index (χ1v) is 5.75. The van der Waals surface area contributed by atoms with Gasteiger partial charge in [0.2, 0.25) is 0 Å². The Morgan fingerprint density at radius 1 is 1.50 bits per heavy atom. The van der Waals surface area contributed by atoms with Crippen molar-refractivity contribution >= 4 is 11.9 Å². The highest BCUT2D eigenvalue weighted by atomic mass is 16.5. The van der Waals surface area contributed by atoms with Crippen molar-refractivity contribution in [2.45, 2.75) is 26.8 Å². The first-order valence-electron chi connectivity index (χ1n) is 5.75. The number of methoxy groups -OCH3 is 1. The van der Waals surface area contributed by atoms with Crippen LogP contribution in [0.3, 0.4) is 0 Å².